The van der Waals surface area contributed by atoms with Crippen molar-refractivity contribution >= 4 is 11.9 Å². The van der Waals surface area contributed by atoms with Crippen LogP contribution in [0.2, 0.25) is 0 Å². The van der Waals surface area contributed by atoms with Crippen LogP contribution in [0.25, 0.3) is 0 Å². The van der Waals surface area contributed by atoms with Gasteiger partial charge in [-0.3, -0.25) is 4.79 Å². The van der Waals surface area contributed by atoms with Crippen molar-refractivity contribution in [1.29, 1.82) is 0 Å². The molecule has 0 unspecified atom stereocenters. The molecule has 2 atom stereocenters. The van der Waals surface area contributed by atoms with E-state index < -0.39 is 18.0 Å². The zero-order valence-electron chi connectivity index (χ0n) is 8.87. The van der Waals surface area contributed by atoms with Crippen molar-refractivity contribution in [3.05, 3.63) is 0 Å². The van der Waals surface area contributed by atoms with Crippen LogP contribution >= 0.6 is 0 Å². The third-order valence-electron chi connectivity index (χ3n) is 2.06. The number of carbonyl (C=O) groups is 2. The van der Waals surface area contributed by atoms with Crippen LogP contribution < -0.4 is 11.1 Å². The lowest BCUT2D eigenvalue weighted by Gasteiger charge is -2.15. The van der Waals surface area contributed by atoms with E-state index in [0.29, 0.717) is 0 Å². The number of ether oxygens (including phenoxy) is 1. The highest BCUT2D eigenvalue weighted by molar-refractivity contribution is 5.89. The summed E-state index contributed by atoms with van der Waals surface area (Å²) in [6, 6.07) is -0.721. The van der Waals surface area contributed by atoms with Gasteiger partial charge in [0.1, 0.15) is 6.04 Å². The monoisotopic (exact) mass is 202 g/mol. The second kappa shape index (κ2) is 6.50. The molecule has 0 heterocycles. The number of hydrogen-bond acceptors (Lipinski definition) is 5. The van der Waals surface area contributed by atoms with Gasteiger partial charge in [-0.2, -0.15) is 0 Å². The van der Waals surface area contributed by atoms with Gasteiger partial charge < -0.3 is 15.8 Å². The summed E-state index contributed by atoms with van der Waals surface area (Å²) in [4.78, 5) is 22.1. The molecule has 0 saturated heterocycles. The van der Waals surface area contributed by atoms with E-state index in [9.17, 15) is 9.59 Å². The average Bonchev–Trinajstić information content (AvgIpc) is 2.15. The van der Waals surface area contributed by atoms with Crippen LogP contribution in [0, 0.1) is 5.92 Å². The number of nitrogens with two attached hydrogens (primary N) is 1. The second-order valence-electron chi connectivity index (χ2n) is 3.23. The molecule has 0 aromatic rings. The molecular weight excluding hydrogens is 184 g/mol. The Morgan fingerprint density at radius 2 is 2.07 bits per heavy atom. The van der Waals surface area contributed by atoms with E-state index in [1.165, 1.54) is 0 Å². The summed E-state index contributed by atoms with van der Waals surface area (Å²) in [6.07, 6.45) is 0.774. The molecule has 82 valence electrons. The van der Waals surface area contributed by atoms with Gasteiger partial charge in [0.05, 0.1) is 6.54 Å². The molecular formula is C9H18N2O3. The molecule has 0 radical (unpaired) electrons. The van der Waals surface area contributed by atoms with Gasteiger partial charge in [0, 0.05) is 0 Å². The van der Waals surface area contributed by atoms with E-state index in [-0.39, 0.29) is 12.5 Å². The van der Waals surface area contributed by atoms with Gasteiger partial charge in [0.15, 0.2) is 0 Å². The van der Waals surface area contributed by atoms with Crippen LogP contribution in [0.3, 0.4) is 0 Å². The Bertz CT molecular complexity index is 206. The van der Waals surface area contributed by atoms with Gasteiger partial charge in [-0.25, -0.2) is 4.79 Å². The summed E-state index contributed by atoms with van der Waals surface area (Å²) in [5.41, 5.74) is 5.57. The van der Waals surface area contributed by atoms with E-state index in [0.717, 1.165) is 6.42 Å². The minimum atomic E-state index is -0.721. The van der Waals surface area contributed by atoms with Gasteiger partial charge in [0.2, 0.25) is 0 Å². The molecule has 0 bridgehead atoms. The highest BCUT2D eigenvalue weighted by Crippen LogP contribution is 2.06. The fourth-order valence-electron chi connectivity index (χ4n) is 0.847. The normalized spacial score (nSPS) is 14.6. The molecule has 0 rings (SSSR count). The van der Waals surface area contributed by atoms with E-state index >= 15 is 0 Å². The molecule has 0 aliphatic rings. The van der Waals surface area contributed by atoms with Gasteiger partial charge in [-0.1, -0.05) is 20.3 Å². The molecule has 14 heavy (non-hydrogen) atoms. The highest BCUT2D eigenvalue weighted by atomic mass is 16.6. The SMILES string of the molecule is CC[C@H](C)[C@H](N)C(=O)OC(=O)CNC. The van der Waals surface area contributed by atoms with Crippen molar-refractivity contribution in [3.63, 3.8) is 0 Å². The molecule has 0 amide bonds. The molecule has 0 fully saturated rings. The van der Waals surface area contributed by atoms with Gasteiger partial charge >= 0.3 is 11.9 Å². The summed E-state index contributed by atoms with van der Waals surface area (Å²) in [5, 5.41) is 2.59. The number of esters is 2. The molecule has 0 aliphatic heterocycles. The standard InChI is InChI=1S/C9H18N2O3/c1-4-6(2)8(10)9(13)14-7(12)5-11-3/h6,8,11H,4-5,10H2,1-3H3/t6-,8-/m0/s1. The fraction of sp³-hybridized carbons (Fsp3) is 0.778. The van der Waals surface area contributed by atoms with Crippen LogP contribution in [-0.2, 0) is 14.3 Å². The molecule has 5 heteroatoms. The van der Waals surface area contributed by atoms with Crippen LogP contribution in [0.1, 0.15) is 20.3 Å². The summed E-state index contributed by atoms with van der Waals surface area (Å²) >= 11 is 0. The fourth-order valence-corrected chi connectivity index (χ4v) is 0.847. The smallest absolute Gasteiger partial charge is 0.330 e. The first-order valence-corrected chi connectivity index (χ1v) is 4.67. The van der Waals surface area contributed by atoms with Crippen molar-refractivity contribution in [3.8, 4) is 0 Å². The van der Waals surface area contributed by atoms with Gasteiger partial charge in [-0.05, 0) is 13.0 Å². The van der Waals surface area contributed by atoms with Crippen molar-refractivity contribution in [2.75, 3.05) is 13.6 Å². The first-order valence-electron chi connectivity index (χ1n) is 4.67. The largest absolute Gasteiger partial charge is 0.391 e. The predicted octanol–water partition coefficient (Wildman–Crippen LogP) is -0.351. The molecule has 0 saturated carbocycles. The Labute approximate surface area is 84.0 Å². The maximum absolute atomic E-state index is 11.2. The van der Waals surface area contributed by atoms with Gasteiger partial charge in [0.25, 0.3) is 0 Å². The minimum Gasteiger partial charge on any atom is -0.391 e. The van der Waals surface area contributed by atoms with Gasteiger partial charge in [-0.15, -0.1) is 0 Å². The maximum Gasteiger partial charge on any atom is 0.330 e. The summed E-state index contributed by atoms with van der Waals surface area (Å²) in [6.45, 7) is 3.78. The lowest BCUT2D eigenvalue weighted by molar-refractivity contribution is -0.160. The molecule has 0 aliphatic carbocycles. The first kappa shape index (κ1) is 13.1. The van der Waals surface area contributed by atoms with Crippen LogP contribution in [0.5, 0.6) is 0 Å². The lowest BCUT2D eigenvalue weighted by atomic mass is 10.0. The zero-order chi connectivity index (χ0) is 11.1. The zero-order valence-corrected chi connectivity index (χ0v) is 8.87. The summed E-state index contributed by atoms with van der Waals surface area (Å²) in [7, 11) is 1.60. The maximum atomic E-state index is 11.2. The highest BCUT2D eigenvalue weighted by Gasteiger charge is 2.22. The molecule has 0 aromatic heterocycles. The Morgan fingerprint density at radius 1 is 1.50 bits per heavy atom. The second-order valence-corrected chi connectivity index (χ2v) is 3.23. The quantitative estimate of drug-likeness (QED) is 0.470. The Hall–Kier alpha value is -0.940. The predicted molar refractivity (Wildman–Crippen MR) is 52.5 cm³/mol. The average molecular weight is 202 g/mol. The Kier molecular flexibility index (Phi) is 6.07. The topological polar surface area (TPSA) is 81.4 Å². The number of hydrogen-bond donors (Lipinski definition) is 2. The van der Waals surface area contributed by atoms with Crippen molar-refractivity contribution in [2.24, 2.45) is 11.7 Å². The van der Waals surface area contributed by atoms with Crippen LogP contribution in [0.4, 0.5) is 0 Å². The molecule has 3 N–H and O–H groups in total. The number of carbonyl (C=O) groups excluding carboxylic acids is 2. The third-order valence-corrected chi connectivity index (χ3v) is 2.06. The third kappa shape index (κ3) is 4.34. The number of likely N-dealkylation sites (N-methyl/N-ethyl adjacent to an activating group) is 1. The Morgan fingerprint density at radius 3 is 2.50 bits per heavy atom. The molecule has 5 nitrogen and oxygen atoms in total. The van der Waals surface area contributed by atoms with Crippen molar-refractivity contribution in [1.82, 2.24) is 5.32 Å². The molecule has 0 spiro atoms. The summed E-state index contributed by atoms with van der Waals surface area (Å²) in [5.74, 6) is -1.24. The van der Waals surface area contributed by atoms with Crippen molar-refractivity contribution in [2.45, 2.75) is 26.3 Å². The van der Waals surface area contributed by atoms with E-state index in [1.807, 2.05) is 13.8 Å². The van der Waals surface area contributed by atoms with Crippen molar-refractivity contribution < 1.29 is 14.3 Å². The Balaban J connectivity index is 4.01. The number of nitrogens with one attached hydrogen (secondary N) is 1. The first-order chi connectivity index (χ1) is 6.52. The summed E-state index contributed by atoms with van der Waals surface area (Å²) < 4.78 is 4.51. The van der Waals surface area contributed by atoms with E-state index in [2.05, 4.69) is 10.1 Å². The van der Waals surface area contributed by atoms with Crippen LogP contribution in [0.15, 0.2) is 0 Å². The van der Waals surface area contributed by atoms with E-state index in [4.69, 9.17) is 5.73 Å². The van der Waals surface area contributed by atoms with Crippen LogP contribution in [-0.4, -0.2) is 31.6 Å². The molecule has 0 aromatic carbocycles. The van der Waals surface area contributed by atoms with E-state index in [1.54, 1.807) is 7.05 Å². The lowest BCUT2D eigenvalue weighted by Crippen LogP contribution is -2.40. The minimum absolute atomic E-state index is 0.0129. The number of rotatable bonds is 5.